The molecule has 1 aromatic carbocycles. The van der Waals surface area contributed by atoms with Crippen molar-refractivity contribution in [2.75, 3.05) is 27.1 Å². The Kier molecular flexibility index (Phi) is 5.36. The maximum absolute atomic E-state index is 13.2. The van der Waals surface area contributed by atoms with Gasteiger partial charge < -0.3 is 18.6 Å². The largest absolute Gasteiger partial charge is 0.493 e. The number of carbonyl (C=O) groups is 1. The summed E-state index contributed by atoms with van der Waals surface area (Å²) in [5.74, 6) is 4.92. The van der Waals surface area contributed by atoms with E-state index in [4.69, 9.17) is 18.6 Å². The fourth-order valence-electron chi connectivity index (χ4n) is 6.32. The van der Waals surface area contributed by atoms with E-state index in [-0.39, 0.29) is 5.41 Å². The van der Waals surface area contributed by atoms with Crippen LogP contribution >= 0.6 is 11.8 Å². The van der Waals surface area contributed by atoms with Crippen LogP contribution in [0.25, 0.3) is 11.5 Å². The van der Waals surface area contributed by atoms with Gasteiger partial charge >= 0.3 is 0 Å². The topological polar surface area (TPSA) is 83.7 Å². The Morgan fingerprint density at radius 3 is 2.10 bits per heavy atom. The molecule has 8 heteroatoms. The van der Waals surface area contributed by atoms with Gasteiger partial charge in [0.2, 0.25) is 11.6 Å². The number of methoxy groups -OCH3 is 3. The van der Waals surface area contributed by atoms with E-state index in [1.165, 1.54) is 31.0 Å². The monoisotopic (exact) mass is 444 g/mol. The van der Waals surface area contributed by atoms with E-state index in [1.807, 2.05) is 0 Å². The van der Waals surface area contributed by atoms with Crippen LogP contribution in [0.1, 0.15) is 38.5 Å². The van der Waals surface area contributed by atoms with Crippen LogP contribution in [0.4, 0.5) is 0 Å². The highest BCUT2D eigenvalue weighted by atomic mass is 32.2. The molecule has 166 valence electrons. The second kappa shape index (κ2) is 8.04. The number of benzene rings is 1. The summed E-state index contributed by atoms with van der Waals surface area (Å²) in [7, 11) is 4.68. The molecule has 1 aromatic heterocycles. The number of ether oxygens (including phenoxy) is 3. The maximum atomic E-state index is 13.2. The SMILES string of the molecule is COc1cc(-c2nnc(SCC(=O)C34CC5CC(CC(C5)C3)C4)o2)cc(OC)c1OC. The summed E-state index contributed by atoms with van der Waals surface area (Å²) in [4.78, 5) is 13.2. The summed E-state index contributed by atoms with van der Waals surface area (Å²) in [5.41, 5.74) is 0.572. The van der Waals surface area contributed by atoms with Crippen LogP contribution in [0.2, 0.25) is 0 Å². The van der Waals surface area contributed by atoms with Crippen LogP contribution < -0.4 is 14.2 Å². The standard InChI is InChI=1S/C23H28N2O5S/c1-27-17-7-16(8-18(28-2)20(17)29-3)21-24-25-22(30-21)31-12-19(26)23-9-13-4-14(10-23)6-15(5-13)11-23/h7-8,13-15H,4-6,9-12H2,1-3H3. The van der Waals surface area contributed by atoms with Crippen LogP contribution in [-0.2, 0) is 4.79 Å². The first-order valence-corrected chi connectivity index (χ1v) is 11.8. The first-order valence-electron chi connectivity index (χ1n) is 10.8. The molecule has 0 unspecified atom stereocenters. The van der Waals surface area contributed by atoms with Gasteiger partial charge in [-0.3, -0.25) is 4.79 Å². The first-order chi connectivity index (χ1) is 15.0. The van der Waals surface area contributed by atoms with Gasteiger partial charge in [-0.05, 0) is 68.4 Å². The van der Waals surface area contributed by atoms with Gasteiger partial charge in [0.15, 0.2) is 11.5 Å². The molecule has 0 aliphatic heterocycles. The van der Waals surface area contributed by atoms with E-state index in [1.54, 1.807) is 33.5 Å². The third-order valence-electron chi connectivity index (χ3n) is 7.27. The quantitative estimate of drug-likeness (QED) is 0.545. The molecule has 0 saturated heterocycles. The van der Waals surface area contributed by atoms with Crippen molar-refractivity contribution in [3.05, 3.63) is 12.1 Å². The minimum atomic E-state index is -0.0959. The van der Waals surface area contributed by atoms with Crippen molar-refractivity contribution in [1.29, 1.82) is 0 Å². The number of aromatic nitrogens is 2. The molecule has 0 amide bonds. The molecule has 0 N–H and O–H groups in total. The lowest BCUT2D eigenvalue weighted by molar-refractivity contribution is -0.141. The Labute approximate surface area is 186 Å². The van der Waals surface area contributed by atoms with Crippen molar-refractivity contribution < 1.29 is 23.4 Å². The lowest BCUT2D eigenvalue weighted by atomic mass is 9.48. The molecule has 2 aromatic rings. The Hall–Kier alpha value is -2.22. The zero-order chi connectivity index (χ0) is 21.6. The normalized spacial score (nSPS) is 28.5. The number of hydrogen-bond donors (Lipinski definition) is 0. The maximum Gasteiger partial charge on any atom is 0.277 e. The Morgan fingerprint density at radius 2 is 1.58 bits per heavy atom. The summed E-state index contributed by atoms with van der Waals surface area (Å²) in [6, 6.07) is 3.54. The highest BCUT2D eigenvalue weighted by molar-refractivity contribution is 7.99. The third kappa shape index (κ3) is 3.69. The zero-order valence-electron chi connectivity index (χ0n) is 18.2. The average Bonchev–Trinajstić information content (AvgIpc) is 3.24. The molecule has 4 bridgehead atoms. The molecule has 1 heterocycles. The van der Waals surface area contributed by atoms with Crippen molar-refractivity contribution in [3.63, 3.8) is 0 Å². The number of rotatable bonds is 8. The molecular weight excluding hydrogens is 416 g/mol. The van der Waals surface area contributed by atoms with Crippen molar-refractivity contribution in [2.24, 2.45) is 23.2 Å². The van der Waals surface area contributed by atoms with Crippen LogP contribution in [0.5, 0.6) is 17.2 Å². The number of ketones is 1. The van der Waals surface area contributed by atoms with Crippen molar-refractivity contribution in [1.82, 2.24) is 10.2 Å². The number of carbonyl (C=O) groups excluding carboxylic acids is 1. The Bertz CT molecular complexity index is 928. The Balaban J connectivity index is 1.29. The lowest BCUT2D eigenvalue weighted by Gasteiger charge is -2.55. The van der Waals surface area contributed by atoms with Gasteiger partial charge in [0.1, 0.15) is 5.78 Å². The summed E-state index contributed by atoms with van der Waals surface area (Å²) in [6.07, 6.45) is 7.25. The summed E-state index contributed by atoms with van der Waals surface area (Å²) < 4.78 is 22.0. The molecule has 6 rings (SSSR count). The molecule has 4 saturated carbocycles. The molecule has 4 aliphatic rings. The molecule has 4 aliphatic carbocycles. The van der Waals surface area contributed by atoms with Crippen LogP contribution in [-0.4, -0.2) is 43.1 Å². The van der Waals surface area contributed by atoms with Crippen LogP contribution in [0, 0.1) is 23.2 Å². The number of hydrogen-bond acceptors (Lipinski definition) is 8. The number of Topliss-reactive ketones (excluding diaryl/α,β-unsaturated/α-hetero) is 1. The second-order valence-electron chi connectivity index (χ2n) is 9.20. The summed E-state index contributed by atoms with van der Waals surface area (Å²) >= 11 is 1.34. The molecule has 0 radical (unpaired) electrons. The Morgan fingerprint density at radius 1 is 1.00 bits per heavy atom. The second-order valence-corrected chi connectivity index (χ2v) is 10.1. The van der Waals surface area contributed by atoms with Gasteiger partial charge in [-0.1, -0.05) is 11.8 Å². The van der Waals surface area contributed by atoms with Gasteiger partial charge in [-0.15, -0.1) is 10.2 Å². The van der Waals surface area contributed by atoms with E-state index in [0.717, 1.165) is 37.0 Å². The predicted molar refractivity (Wildman–Crippen MR) is 116 cm³/mol. The minimum absolute atomic E-state index is 0.0959. The fourth-order valence-corrected chi connectivity index (χ4v) is 7.12. The van der Waals surface area contributed by atoms with Crippen LogP contribution in [0.3, 0.4) is 0 Å². The van der Waals surface area contributed by atoms with E-state index < -0.39 is 0 Å². The van der Waals surface area contributed by atoms with Gasteiger partial charge in [-0.25, -0.2) is 0 Å². The molecule has 31 heavy (non-hydrogen) atoms. The highest BCUT2D eigenvalue weighted by Gasteiger charge is 2.54. The third-order valence-corrected chi connectivity index (χ3v) is 8.09. The predicted octanol–water partition coefficient (Wildman–Crippen LogP) is 4.64. The number of nitrogens with zero attached hydrogens (tertiary/aromatic N) is 2. The van der Waals surface area contributed by atoms with Crippen molar-refractivity contribution >= 4 is 17.5 Å². The molecule has 4 fully saturated rings. The van der Waals surface area contributed by atoms with Gasteiger partial charge in [-0.2, -0.15) is 0 Å². The van der Waals surface area contributed by atoms with E-state index >= 15 is 0 Å². The molecule has 0 spiro atoms. The molecule has 0 atom stereocenters. The molecular formula is C23H28N2O5S. The van der Waals surface area contributed by atoms with Crippen LogP contribution in [0.15, 0.2) is 21.8 Å². The fraction of sp³-hybridized carbons (Fsp3) is 0.609. The van der Waals surface area contributed by atoms with Gasteiger partial charge in [0.25, 0.3) is 5.22 Å². The van der Waals surface area contributed by atoms with E-state index in [2.05, 4.69) is 10.2 Å². The minimum Gasteiger partial charge on any atom is -0.493 e. The van der Waals surface area contributed by atoms with Gasteiger partial charge in [0, 0.05) is 11.0 Å². The highest BCUT2D eigenvalue weighted by Crippen LogP contribution is 2.60. The smallest absolute Gasteiger partial charge is 0.277 e. The zero-order valence-corrected chi connectivity index (χ0v) is 19.0. The number of thioether (sulfide) groups is 1. The first kappa shape index (κ1) is 20.7. The average molecular weight is 445 g/mol. The van der Waals surface area contributed by atoms with Crippen molar-refractivity contribution in [3.8, 4) is 28.7 Å². The van der Waals surface area contributed by atoms with Gasteiger partial charge in [0.05, 0.1) is 27.1 Å². The lowest BCUT2D eigenvalue weighted by Crippen LogP contribution is -2.50. The van der Waals surface area contributed by atoms with E-state index in [9.17, 15) is 4.79 Å². The summed E-state index contributed by atoms with van der Waals surface area (Å²) in [6.45, 7) is 0. The summed E-state index contributed by atoms with van der Waals surface area (Å²) in [5, 5.41) is 8.71. The van der Waals surface area contributed by atoms with Crippen molar-refractivity contribution in [2.45, 2.75) is 43.7 Å². The molecule has 7 nitrogen and oxygen atoms in total. The van der Waals surface area contributed by atoms with E-state index in [0.29, 0.717) is 45.5 Å².